The van der Waals surface area contributed by atoms with Crippen LogP contribution in [-0.4, -0.2) is 0 Å². The number of fused-ring (bicyclic) bond motifs is 1. The summed E-state index contributed by atoms with van der Waals surface area (Å²) < 4.78 is 5.33. The maximum Gasteiger partial charge on any atom is 0.192 e. The third-order valence-corrected chi connectivity index (χ3v) is 1.98. The van der Waals surface area contributed by atoms with Crippen molar-refractivity contribution in [2.24, 2.45) is 0 Å². The molecule has 0 spiro atoms. The molecule has 1 heterocycles. The van der Waals surface area contributed by atoms with Crippen molar-refractivity contribution in [1.82, 2.24) is 0 Å². The molecule has 68 valence electrons. The molecule has 3 nitrogen and oxygen atoms in total. The smallest absolute Gasteiger partial charge is 0.192 e. The van der Waals surface area contributed by atoms with Crippen LogP contribution in [0.2, 0.25) is 0 Å². The predicted octanol–water partition coefficient (Wildman–Crippen LogP) is 1.97. The van der Waals surface area contributed by atoms with E-state index in [4.69, 9.17) is 9.68 Å². The lowest BCUT2D eigenvalue weighted by Crippen LogP contribution is -2.00. The zero-order chi connectivity index (χ0) is 10.1. The molecule has 0 aliphatic rings. The van der Waals surface area contributed by atoms with Gasteiger partial charge in [-0.05, 0) is 25.1 Å². The van der Waals surface area contributed by atoms with Gasteiger partial charge in [-0.25, -0.2) is 0 Å². The van der Waals surface area contributed by atoms with Gasteiger partial charge in [0.05, 0.1) is 17.0 Å². The summed E-state index contributed by atoms with van der Waals surface area (Å²) in [5, 5.41) is 9.11. The molecule has 0 radical (unpaired) electrons. The van der Waals surface area contributed by atoms with Crippen molar-refractivity contribution >= 4 is 11.0 Å². The van der Waals surface area contributed by atoms with Crippen LogP contribution < -0.4 is 5.43 Å². The highest BCUT2D eigenvalue weighted by atomic mass is 16.3. The van der Waals surface area contributed by atoms with Crippen LogP contribution in [-0.2, 0) is 0 Å². The summed E-state index contributed by atoms with van der Waals surface area (Å²) in [5.41, 5.74) is 0.878. The number of hydrogen-bond acceptors (Lipinski definition) is 3. The van der Waals surface area contributed by atoms with E-state index in [2.05, 4.69) is 0 Å². The Hall–Kier alpha value is -2.08. The SMILES string of the molecule is Cc1cc(=O)c2cc(C#N)ccc2o1. The fourth-order valence-corrected chi connectivity index (χ4v) is 1.35. The first-order valence-corrected chi connectivity index (χ1v) is 4.15. The van der Waals surface area contributed by atoms with Crippen molar-refractivity contribution in [3.63, 3.8) is 0 Å². The molecule has 0 aliphatic carbocycles. The molecule has 14 heavy (non-hydrogen) atoms. The zero-order valence-corrected chi connectivity index (χ0v) is 7.57. The van der Waals surface area contributed by atoms with Gasteiger partial charge in [0.1, 0.15) is 11.3 Å². The minimum Gasteiger partial charge on any atom is -0.461 e. The van der Waals surface area contributed by atoms with Gasteiger partial charge in [0.15, 0.2) is 5.43 Å². The molecule has 3 heteroatoms. The lowest BCUT2D eigenvalue weighted by Gasteiger charge is -1.97. The molecular weight excluding hydrogens is 178 g/mol. The Morgan fingerprint density at radius 3 is 2.86 bits per heavy atom. The largest absolute Gasteiger partial charge is 0.461 e. The number of hydrogen-bond donors (Lipinski definition) is 0. The Balaban J connectivity index is 2.91. The number of nitrogens with zero attached hydrogens (tertiary/aromatic N) is 1. The first-order chi connectivity index (χ1) is 6.70. The van der Waals surface area contributed by atoms with E-state index in [0.717, 1.165) is 0 Å². The van der Waals surface area contributed by atoms with Crippen molar-refractivity contribution in [3.05, 3.63) is 45.8 Å². The average molecular weight is 185 g/mol. The van der Waals surface area contributed by atoms with Crippen LogP contribution in [0.3, 0.4) is 0 Å². The van der Waals surface area contributed by atoms with E-state index < -0.39 is 0 Å². The monoisotopic (exact) mass is 185 g/mol. The molecule has 0 unspecified atom stereocenters. The van der Waals surface area contributed by atoms with E-state index in [0.29, 0.717) is 22.3 Å². The zero-order valence-electron chi connectivity index (χ0n) is 7.57. The van der Waals surface area contributed by atoms with E-state index in [-0.39, 0.29) is 5.43 Å². The van der Waals surface area contributed by atoms with Crippen LogP contribution in [0.15, 0.2) is 33.5 Å². The van der Waals surface area contributed by atoms with E-state index in [1.54, 1.807) is 25.1 Å². The summed E-state index contributed by atoms with van der Waals surface area (Å²) in [5.74, 6) is 0.576. The van der Waals surface area contributed by atoms with Crippen LogP contribution in [0.5, 0.6) is 0 Å². The standard InChI is InChI=1S/C11H7NO2/c1-7-4-10(13)9-5-8(6-12)2-3-11(9)14-7/h2-5H,1H3. The highest BCUT2D eigenvalue weighted by Crippen LogP contribution is 2.13. The molecule has 0 saturated carbocycles. The summed E-state index contributed by atoms with van der Waals surface area (Å²) in [4.78, 5) is 11.5. The van der Waals surface area contributed by atoms with Crippen LogP contribution in [0.25, 0.3) is 11.0 Å². The van der Waals surface area contributed by atoms with Crippen LogP contribution in [0.1, 0.15) is 11.3 Å². The topological polar surface area (TPSA) is 54.0 Å². The molecule has 0 saturated heterocycles. The second kappa shape index (κ2) is 3.00. The molecule has 0 N–H and O–H groups in total. The minimum atomic E-state index is -0.110. The van der Waals surface area contributed by atoms with Crippen LogP contribution in [0, 0.1) is 18.3 Å². The number of rotatable bonds is 0. The molecule has 0 atom stereocenters. The van der Waals surface area contributed by atoms with E-state index in [9.17, 15) is 4.79 Å². The fourth-order valence-electron chi connectivity index (χ4n) is 1.35. The molecule has 0 bridgehead atoms. The van der Waals surface area contributed by atoms with Crippen molar-refractivity contribution in [3.8, 4) is 6.07 Å². The summed E-state index contributed by atoms with van der Waals surface area (Å²) in [6.07, 6.45) is 0. The molecule has 2 aromatic rings. The molecule has 0 aliphatic heterocycles. The lowest BCUT2D eigenvalue weighted by atomic mass is 10.1. The van der Waals surface area contributed by atoms with Gasteiger partial charge in [-0.1, -0.05) is 0 Å². The van der Waals surface area contributed by atoms with Crippen molar-refractivity contribution in [1.29, 1.82) is 5.26 Å². The number of aryl methyl sites for hydroxylation is 1. The van der Waals surface area contributed by atoms with Crippen molar-refractivity contribution < 1.29 is 4.42 Å². The molecule has 1 aromatic carbocycles. The summed E-state index contributed by atoms with van der Waals surface area (Å²) in [6.45, 7) is 1.72. The Bertz CT molecular complexity index is 590. The quantitative estimate of drug-likeness (QED) is 0.630. The molecule has 2 rings (SSSR count). The van der Waals surface area contributed by atoms with Crippen molar-refractivity contribution in [2.45, 2.75) is 6.92 Å². The number of nitriles is 1. The normalized spacial score (nSPS) is 10.0. The van der Waals surface area contributed by atoms with E-state index in [1.165, 1.54) is 6.07 Å². The van der Waals surface area contributed by atoms with Gasteiger partial charge in [-0.2, -0.15) is 5.26 Å². The van der Waals surface area contributed by atoms with E-state index in [1.807, 2.05) is 6.07 Å². The molecule has 0 fully saturated rings. The maximum absolute atomic E-state index is 11.5. The first kappa shape index (κ1) is 8.52. The Kier molecular flexibility index (Phi) is 1.83. The van der Waals surface area contributed by atoms with Gasteiger partial charge >= 0.3 is 0 Å². The van der Waals surface area contributed by atoms with Gasteiger partial charge in [0, 0.05) is 6.07 Å². The summed E-state index contributed by atoms with van der Waals surface area (Å²) in [7, 11) is 0. The average Bonchev–Trinajstić information content (AvgIpc) is 2.17. The Morgan fingerprint density at radius 1 is 1.36 bits per heavy atom. The second-order valence-electron chi connectivity index (χ2n) is 3.04. The third-order valence-electron chi connectivity index (χ3n) is 1.98. The Labute approximate surface area is 80.2 Å². The van der Waals surface area contributed by atoms with Gasteiger partial charge in [0.25, 0.3) is 0 Å². The number of benzene rings is 1. The Morgan fingerprint density at radius 2 is 2.14 bits per heavy atom. The van der Waals surface area contributed by atoms with Crippen LogP contribution in [0.4, 0.5) is 0 Å². The highest BCUT2D eigenvalue weighted by molar-refractivity contribution is 5.77. The second-order valence-corrected chi connectivity index (χ2v) is 3.04. The maximum atomic E-state index is 11.5. The fraction of sp³-hybridized carbons (Fsp3) is 0.0909. The van der Waals surface area contributed by atoms with Crippen molar-refractivity contribution in [2.75, 3.05) is 0 Å². The van der Waals surface area contributed by atoms with E-state index >= 15 is 0 Å². The molecular formula is C11H7NO2. The summed E-state index contributed by atoms with van der Waals surface area (Å²) in [6, 6.07) is 8.21. The van der Waals surface area contributed by atoms with Gasteiger partial charge in [-0.15, -0.1) is 0 Å². The highest BCUT2D eigenvalue weighted by Gasteiger charge is 2.02. The van der Waals surface area contributed by atoms with Gasteiger partial charge < -0.3 is 4.42 Å². The first-order valence-electron chi connectivity index (χ1n) is 4.15. The third kappa shape index (κ3) is 1.27. The molecule has 1 aromatic heterocycles. The van der Waals surface area contributed by atoms with Crippen LogP contribution >= 0.6 is 0 Å². The van der Waals surface area contributed by atoms with Gasteiger partial charge in [0.2, 0.25) is 0 Å². The minimum absolute atomic E-state index is 0.110. The van der Waals surface area contributed by atoms with Gasteiger partial charge in [-0.3, -0.25) is 4.79 Å². The predicted molar refractivity (Wildman–Crippen MR) is 51.9 cm³/mol. The molecule has 0 amide bonds. The summed E-state index contributed by atoms with van der Waals surface area (Å²) >= 11 is 0. The lowest BCUT2D eigenvalue weighted by molar-refractivity contribution is 0.565.